The zero-order valence-corrected chi connectivity index (χ0v) is 15.5. The number of aromatic hydroxyl groups is 2. The van der Waals surface area contributed by atoms with Gasteiger partial charge in [0.15, 0.2) is 5.17 Å². The van der Waals surface area contributed by atoms with Crippen LogP contribution in [0.4, 0.5) is 11.4 Å². The number of rotatable bonds is 3. The Hall–Kier alpha value is -3.51. The number of amides is 1. The van der Waals surface area contributed by atoms with Crippen molar-refractivity contribution in [3.05, 3.63) is 89.3 Å². The number of nitrogens with zero attached hydrogens (tertiary/aromatic N) is 2. The van der Waals surface area contributed by atoms with Crippen molar-refractivity contribution < 1.29 is 15.0 Å². The maximum atomic E-state index is 13.1. The van der Waals surface area contributed by atoms with E-state index in [2.05, 4.69) is 4.99 Å². The Bertz CT molecular complexity index is 1080. The number of phenolic OH excluding ortho intramolecular Hbond substituents is 2. The van der Waals surface area contributed by atoms with Gasteiger partial charge in [-0.25, -0.2) is 4.99 Å². The van der Waals surface area contributed by atoms with Gasteiger partial charge in [-0.05, 0) is 54.2 Å². The normalized spacial score (nSPS) is 16.9. The summed E-state index contributed by atoms with van der Waals surface area (Å²) in [6, 6.07) is 23.0. The predicted octanol–water partition coefficient (Wildman–Crippen LogP) is 4.91. The third-order valence-electron chi connectivity index (χ3n) is 4.10. The van der Waals surface area contributed by atoms with Crippen molar-refractivity contribution in [2.75, 3.05) is 4.90 Å². The SMILES string of the molecule is O=C1/C(=C/c2ccc(O)cc2O)SC(=Nc2ccccc2)N1c1ccccc1. The first kappa shape index (κ1) is 17.9. The Morgan fingerprint density at radius 1 is 0.893 bits per heavy atom. The van der Waals surface area contributed by atoms with Gasteiger partial charge >= 0.3 is 0 Å². The van der Waals surface area contributed by atoms with E-state index in [1.165, 1.54) is 23.9 Å². The summed E-state index contributed by atoms with van der Waals surface area (Å²) < 4.78 is 0. The Morgan fingerprint density at radius 3 is 2.25 bits per heavy atom. The highest BCUT2D eigenvalue weighted by atomic mass is 32.2. The summed E-state index contributed by atoms with van der Waals surface area (Å²) >= 11 is 1.24. The van der Waals surface area contributed by atoms with Gasteiger partial charge in [-0.2, -0.15) is 0 Å². The number of amidine groups is 1. The van der Waals surface area contributed by atoms with Crippen LogP contribution in [0.1, 0.15) is 5.56 Å². The van der Waals surface area contributed by atoms with Crippen LogP contribution in [0.2, 0.25) is 0 Å². The number of anilines is 1. The van der Waals surface area contributed by atoms with E-state index in [1.54, 1.807) is 17.0 Å². The van der Waals surface area contributed by atoms with Crippen LogP contribution in [-0.2, 0) is 4.79 Å². The second-order valence-corrected chi connectivity index (χ2v) is 7.07. The largest absolute Gasteiger partial charge is 0.508 e. The van der Waals surface area contributed by atoms with Gasteiger partial charge in [0.2, 0.25) is 0 Å². The summed E-state index contributed by atoms with van der Waals surface area (Å²) in [7, 11) is 0. The molecular formula is C22H16N2O3S. The summed E-state index contributed by atoms with van der Waals surface area (Å²) in [4.78, 5) is 19.7. The van der Waals surface area contributed by atoms with E-state index in [0.29, 0.717) is 21.3 Å². The molecule has 1 heterocycles. The summed E-state index contributed by atoms with van der Waals surface area (Å²) in [5, 5.41) is 20.1. The van der Waals surface area contributed by atoms with Crippen LogP contribution >= 0.6 is 11.8 Å². The average Bonchev–Trinajstić information content (AvgIpc) is 3.00. The van der Waals surface area contributed by atoms with E-state index in [4.69, 9.17) is 0 Å². The molecule has 6 heteroatoms. The van der Waals surface area contributed by atoms with Crippen LogP contribution in [0, 0.1) is 0 Å². The van der Waals surface area contributed by atoms with Gasteiger partial charge in [0.1, 0.15) is 11.5 Å². The first-order chi connectivity index (χ1) is 13.6. The Morgan fingerprint density at radius 2 is 1.57 bits per heavy atom. The Labute approximate surface area is 166 Å². The fourth-order valence-corrected chi connectivity index (χ4v) is 3.75. The zero-order valence-electron chi connectivity index (χ0n) is 14.7. The zero-order chi connectivity index (χ0) is 19.5. The summed E-state index contributed by atoms with van der Waals surface area (Å²) in [6.07, 6.45) is 1.60. The monoisotopic (exact) mass is 388 g/mol. The number of hydrogen-bond donors (Lipinski definition) is 2. The van der Waals surface area contributed by atoms with Gasteiger partial charge in [-0.3, -0.25) is 9.69 Å². The molecule has 0 radical (unpaired) electrons. The first-order valence-electron chi connectivity index (χ1n) is 8.56. The molecule has 5 nitrogen and oxygen atoms in total. The molecule has 0 bridgehead atoms. The molecule has 1 saturated heterocycles. The van der Waals surface area contributed by atoms with Crippen LogP contribution in [0.25, 0.3) is 6.08 Å². The molecule has 0 spiro atoms. The number of phenols is 2. The second-order valence-electron chi connectivity index (χ2n) is 6.06. The predicted molar refractivity (Wildman–Crippen MR) is 113 cm³/mol. The Kier molecular flexibility index (Phi) is 4.87. The minimum absolute atomic E-state index is 0.0395. The molecule has 3 aromatic carbocycles. The van der Waals surface area contributed by atoms with Crippen LogP contribution in [0.3, 0.4) is 0 Å². The van der Waals surface area contributed by atoms with Crippen LogP contribution in [0.15, 0.2) is 88.8 Å². The van der Waals surface area contributed by atoms with Crippen molar-refractivity contribution in [1.29, 1.82) is 0 Å². The fraction of sp³-hybridized carbons (Fsp3) is 0. The summed E-state index contributed by atoms with van der Waals surface area (Å²) in [5.74, 6) is -0.360. The highest BCUT2D eigenvalue weighted by Gasteiger charge is 2.34. The number of aliphatic imine (C=N–C) groups is 1. The van der Waals surface area contributed by atoms with Crippen molar-refractivity contribution in [1.82, 2.24) is 0 Å². The molecule has 1 fully saturated rings. The van der Waals surface area contributed by atoms with Crippen molar-refractivity contribution in [3.63, 3.8) is 0 Å². The number of carbonyl (C=O) groups excluding carboxylic acids is 1. The van der Waals surface area contributed by atoms with E-state index in [9.17, 15) is 15.0 Å². The molecule has 28 heavy (non-hydrogen) atoms. The third-order valence-corrected chi connectivity index (χ3v) is 5.07. The standard InChI is InChI=1S/C22H16N2O3S/c25-18-12-11-15(19(26)14-18)13-20-21(27)24(17-9-5-2-6-10-17)22(28-20)23-16-7-3-1-4-8-16/h1-14,25-26H/b20-13-,23-22?. The number of para-hydroxylation sites is 2. The molecule has 1 aliphatic rings. The van der Waals surface area contributed by atoms with Gasteiger partial charge in [-0.15, -0.1) is 0 Å². The lowest BCUT2D eigenvalue weighted by Crippen LogP contribution is -2.28. The van der Waals surface area contributed by atoms with Gasteiger partial charge in [0.05, 0.1) is 16.3 Å². The van der Waals surface area contributed by atoms with Crippen molar-refractivity contribution in [2.24, 2.45) is 4.99 Å². The molecule has 0 aromatic heterocycles. The smallest absolute Gasteiger partial charge is 0.271 e. The lowest BCUT2D eigenvalue weighted by atomic mass is 10.1. The highest BCUT2D eigenvalue weighted by molar-refractivity contribution is 8.19. The molecule has 3 aromatic rings. The number of carbonyl (C=O) groups is 1. The molecular weight excluding hydrogens is 372 g/mol. The summed E-state index contributed by atoms with van der Waals surface area (Å²) in [5.41, 5.74) is 1.91. The maximum absolute atomic E-state index is 13.1. The molecule has 4 rings (SSSR count). The van der Waals surface area contributed by atoms with E-state index in [0.717, 1.165) is 5.69 Å². The minimum atomic E-state index is -0.224. The maximum Gasteiger partial charge on any atom is 0.271 e. The molecule has 0 saturated carbocycles. The minimum Gasteiger partial charge on any atom is -0.508 e. The number of thioether (sulfide) groups is 1. The van der Waals surface area contributed by atoms with Crippen molar-refractivity contribution in [2.45, 2.75) is 0 Å². The molecule has 0 aliphatic carbocycles. The lowest BCUT2D eigenvalue weighted by molar-refractivity contribution is -0.113. The third kappa shape index (κ3) is 3.63. The van der Waals surface area contributed by atoms with Crippen LogP contribution < -0.4 is 4.90 Å². The average molecular weight is 388 g/mol. The van der Waals surface area contributed by atoms with E-state index in [1.807, 2.05) is 60.7 Å². The van der Waals surface area contributed by atoms with E-state index < -0.39 is 0 Å². The quantitative estimate of drug-likeness (QED) is 0.626. The highest BCUT2D eigenvalue weighted by Crippen LogP contribution is 2.38. The molecule has 1 aliphatic heterocycles. The molecule has 0 unspecified atom stereocenters. The molecule has 1 amide bonds. The molecule has 0 atom stereocenters. The second kappa shape index (κ2) is 7.62. The van der Waals surface area contributed by atoms with Gasteiger partial charge in [-0.1, -0.05) is 36.4 Å². The Balaban J connectivity index is 1.78. The van der Waals surface area contributed by atoms with E-state index in [-0.39, 0.29) is 17.4 Å². The first-order valence-corrected chi connectivity index (χ1v) is 9.38. The fourth-order valence-electron chi connectivity index (χ4n) is 2.76. The molecule has 138 valence electrons. The van der Waals surface area contributed by atoms with Gasteiger partial charge in [0.25, 0.3) is 5.91 Å². The van der Waals surface area contributed by atoms with Crippen molar-refractivity contribution >= 4 is 40.3 Å². The van der Waals surface area contributed by atoms with Crippen molar-refractivity contribution in [3.8, 4) is 11.5 Å². The number of hydrogen-bond acceptors (Lipinski definition) is 5. The van der Waals surface area contributed by atoms with Crippen LogP contribution in [0.5, 0.6) is 11.5 Å². The topological polar surface area (TPSA) is 73.1 Å². The van der Waals surface area contributed by atoms with E-state index >= 15 is 0 Å². The van der Waals surface area contributed by atoms with Gasteiger partial charge < -0.3 is 10.2 Å². The van der Waals surface area contributed by atoms with Crippen LogP contribution in [-0.4, -0.2) is 21.3 Å². The molecule has 2 N–H and O–H groups in total. The summed E-state index contributed by atoms with van der Waals surface area (Å²) in [6.45, 7) is 0. The van der Waals surface area contributed by atoms with Gasteiger partial charge in [0, 0.05) is 11.6 Å². The number of benzene rings is 3. The lowest BCUT2D eigenvalue weighted by Gasteiger charge is -2.15.